The summed E-state index contributed by atoms with van der Waals surface area (Å²) in [6, 6.07) is 11.3. The van der Waals surface area contributed by atoms with Gasteiger partial charge in [0.05, 0.1) is 6.20 Å². The Labute approximate surface area is 238 Å². The van der Waals surface area contributed by atoms with Crippen LogP contribution in [0.1, 0.15) is 76.0 Å². The Balaban J connectivity index is 1.20. The second-order valence-electron chi connectivity index (χ2n) is 11.6. The molecule has 212 valence electrons. The van der Waals surface area contributed by atoms with Gasteiger partial charge in [0.15, 0.2) is 6.04 Å². The zero-order valence-electron chi connectivity index (χ0n) is 24.0. The Bertz CT molecular complexity index is 1220. The van der Waals surface area contributed by atoms with E-state index in [0.29, 0.717) is 25.3 Å². The second kappa shape index (κ2) is 12.9. The molecule has 1 aromatic heterocycles. The molecule has 7 heteroatoms. The number of likely N-dealkylation sites (tertiary alicyclic amines) is 1. The van der Waals surface area contributed by atoms with Crippen LogP contribution in [0.5, 0.6) is 11.5 Å². The molecule has 1 N–H and O–H groups in total. The van der Waals surface area contributed by atoms with Gasteiger partial charge < -0.3 is 15.0 Å². The summed E-state index contributed by atoms with van der Waals surface area (Å²) in [7, 11) is 0. The van der Waals surface area contributed by atoms with E-state index in [1.54, 1.807) is 6.20 Å². The van der Waals surface area contributed by atoms with E-state index in [2.05, 4.69) is 46.1 Å². The number of piperidine rings is 1. The van der Waals surface area contributed by atoms with Crippen LogP contribution >= 0.6 is 0 Å². The average Bonchev–Trinajstić information content (AvgIpc) is 2.98. The van der Waals surface area contributed by atoms with Crippen LogP contribution in [0.3, 0.4) is 0 Å². The highest BCUT2D eigenvalue weighted by atomic mass is 16.5. The molecule has 0 radical (unpaired) electrons. The summed E-state index contributed by atoms with van der Waals surface area (Å²) in [5, 5.41) is 3.03. The third-order valence-corrected chi connectivity index (χ3v) is 8.63. The number of carbonyl (C=O) groups is 2. The molecule has 5 rings (SSSR count). The first-order valence-electron chi connectivity index (χ1n) is 15.0. The van der Waals surface area contributed by atoms with Crippen LogP contribution in [-0.2, 0) is 16.1 Å². The van der Waals surface area contributed by atoms with E-state index in [-0.39, 0.29) is 11.8 Å². The summed E-state index contributed by atoms with van der Waals surface area (Å²) in [5.41, 5.74) is 1.37. The number of rotatable bonds is 7. The van der Waals surface area contributed by atoms with Crippen molar-refractivity contribution in [3.8, 4) is 23.3 Å². The van der Waals surface area contributed by atoms with Crippen molar-refractivity contribution in [2.75, 3.05) is 19.6 Å². The lowest BCUT2D eigenvalue weighted by molar-refractivity contribution is -0.159. The number of carbonyl (C=O) groups excluding carboxylic acids is 2. The van der Waals surface area contributed by atoms with Crippen LogP contribution in [0.4, 0.5) is 0 Å². The van der Waals surface area contributed by atoms with Crippen LogP contribution in [0.2, 0.25) is 0 Å². The number of benzene rings is 1. The molecule has 2 aromatic rings. The van der Waals surface area contributed by atoms with E-state index in [1.165, 1.54) is 24.8 Å². The Morgan fingerprint density at radius 1 is 1.00 bits per heavy atom. The molecule has 40 heavy (non-hydrogen) atoms. The highest BCUT2D eigenvalue weighted by Crippen LogP contribution is 2.34. The highest BCUT2D eigenvalue weighted by Gasteiger charge is 2.53. The Morgan fingerprint density at radius 2 is 1.73 bits per heavy atom. The third-order valence-electron chi connectivity index (χ3n) is 8.63. The van der Waals surface area contributed by atoms with E-state index in [4.69, 9.17) is 4.74 Å². The molecule has 2 aliphatic heterocycles. The molecule has 7 nitrogen and oxygen atoms in total. The second-order valence-corrected chi connectivity index (χ2v) is 11.6. The number of aromatic nitrogens is 1. The smallest absolute Gasteiger partial charge is 0.258 e. The summed E-state index contributed by atoms with van der Waals surface area (Å²) in [4.78, 5) is 35.8. The molecule has 1 spiro atoms. The first-order valence-corrected chi connectivity index (χ1v) is 15.0. The minimum atomic E-state index is -0.772. The van der Waals surface area contributed by atoms with Crippen molar-refractivity contribution in [3.05, 3.63) is 53.9 Å². The van der Waals surface area contributed by atoms with Gasteiger partial charge in [-0.1, -0.05) is 56.6 Å². The van der Waals surface area contributed by atoms with Gasteiger partial charge in [-0.3, -0.25) is 19.5 Å². The van der Waals surface area contributed by atoms with E-state index < -0.39 is 11.6 Å². The fraction of sp³-hybridized carbons (Fsp3) is 0.545. The first kappa shape index (κ1) is 28.2. The number of nitrogens with one attached hydrogen (secondary N) is 1. The van der Waals surface area contributed by atoms with E-state index >= 15 is 0 Å². The molecule has 2 saturated heterocycles. The normalized spacial score (nSPS) is 21.6. The lowest BCUT2D eigenvalue weighted by atomic mass is 9.81. The number of amides is 2. The molecule has 1 aliphatic carbocycles. The minimum absolute atomic E-state index is 0.0239. The number of unbranched alkanes of at least 4 members (excludes halogenated alkanes) is 1. The van der Waals surface area contributed by atoms with Crippen LogP contribution in [0, 0.1) is 24.7 Å². The summed E-state index contributed by atoms with van der Waals surface area (Å²) in [6.07, 6.45) is 10.7. The van der Waals surface area contributed by atoms with Gasteiger partial charge in [0.2, 0.25) is 5.91 Å². The topological polar surface area (TPSA) is 74.8 Å². The van der Waals surface area contributed by atoms with Gasteiger partial charge >= 0.3 is 0 Å². The lowest BCUT2D eigenvalue weighted by Gasteiger charge is -2.51. The van der Waals surface area contributed by atoms with Gasteiger partial charge in [-0.15, -0.1) is 0 Å². The Hall–Kier alpha value is -3.37. The van der Waals surface area contributed by atoms with Gasteiger partial charge in [-0.2, -0.15) is 0 Å². The number of piperazine rings is 1. The first-order chi connectivity index (χ1) is 19.5. The monoisotopic (exact) mass is 542 g/mol. The largest absolute Gasteiger partial charge is 0.456 e. The van der Waals surface area contributed by atoms with Crippen LogP contribution in [-0.4, -0.2) is 57.8 Å². The molecular formula is C33H42N4O3. The third kappa shape index (κ3) is 6.50. The summed E-state index contributed by atoms with van der Waals surface area (Å²) < 4.78 is 5.91. The van der Waals surface area contributed by atoms with Gasteiger partial charge in [0.25, 0.3) is 5.91 Å². The molecule has 3 aliphatic rings. The molecule has 0 unspecified atom stereocenters. The zero-order valence-corrected chi connectivity index (χ0v) is 24.0. The number of aryl methyl sites for hydroxylation is 1. The summed E-state index contributed by atoms with van der Waals surface area (Å²) >= 11 is 0. The van der Waals surface area contributed by atoms with Crippen LogP contribution < -0.4 is 10.1 Å². The molecule has 1 aromatic carbocycles. The maximum Gasteiger partial charge on any atom is 0.258 e. The molecular weight excluding hydrogens is 500 g/mol. The fourth-order valence-corrected chi connectivity index (χ4v) is 6.15. The zero-order chi connectivity index (χ0) is 28.0. The Morgan fingerprint density at radius 3 is 2.40 bits per heavy atom. The quantitative estimate of drug-likeness (QED) is 0.485. The summed E-state index contributed by atoms with van der Waals surface area (Å²) in [5.74, 6) is 8.29. The summed E-state index contributed by atoms with van der Waals surface area (Å²) in [6.45, 7) is 7.00. The standard InChI is InChI=1S/C33H42N4O3/c1-3-4-20-37-31(38)30(17-13-26-8-6-5-7-9-26)35-32(39)33(37)18-21-36(22-19-33)24-27-11-15-28(16-12-27)40-29-14-10-25(2)34-23-29/h10-12,14-16,23,26,30H,3-9,18-22,24H2,1-2H3,(H,35,39)/t30-/m0/s1. The van der Waals surface area contributed by atoms with Crippen molar-refractivity contribution < 1.29 is 14.3 Å². The van der Waals surface area contributed by atoms with Crippen molar-refractivity contribution in [1.29, 1.82) is 0 Å². The average molecular weight is 543 g/mol. The minimum Gasteiger partial charge on any atom is -0.456 e. The Kier molecular flexibility index (Phi) is 9.06. The maximum atomic E-state index is 13.7. The van der Waals surface area contributed by atoms with Gasteiger partial charge in [-0.25, -0.2) is 0 Å². The SMILES string of the molecule is CCCCN1C(=O)[C@H](C#CC2CCCCC2)NC(=O)C12CCN(Cc1ccc(Oc3ccc(C)nc3)cc1)CC2. The number of ether oxygens (including phenoxy) is 1. The molecule has 1 saturated carbocycles. The van der Waals surface area contributed by atoms with Crippen molar-refractivity contribution in [3.63, 3.8) is 0 Å². The van der Waals surface area contributed by atoms with Crippen LogP contribution in [0.25, 0.3) is 0 Å². The molecule has 3 heterocycles. The number of nitrogens with zero attached hydrogens (tertiary/aromatic N) is 3. The predicted octanol–water partition coefficient (Wildman–Crippen LogP) is 5.23. The van der Waals surface area contributed by atoms with Gasteiger partial charge in [-0.05, 0) is 68.9 Å². The number of hydrogen-bond acceptors (Lipinski definition) is 5. The van der Waals surface area contributed by atoms with E-state index in [1.807, 2.05) is 36.1 Å². The maximum absolute atomic E-state index is 13.7. The number of pyridine rings is 1. The van der Waals surface area contributed by atoms with Crippen molar-refractivity contribution in [2.45, 2.75) is 89.8 Å². The van der Waals surface area contributed by atoms with Crippen LogP contribution in [0.15, 0.2) is 42.6 Å². The van der Waals surface area contributed by atoms with Crippen molar-refractivity contribution >= 4 is 11.8 Å². The fourth-order valence-electron chi connectivity index (χ4n) is 6.15. The van der Waals surface area contributed by atoms with Gasteiger partial charge in [0.1, 0.15) is 17.0 Å². The van der Waals surface area contributed by atoms with E-state index in [9.17, 15) is 9.59 Å². The lowest BCUT2D eigenvalue weighted by Crippen LogP contribution is -2.72. The molecule has 1 atom stereocenters. The molecule has 3 fully saturated rings. The van der Waals surface area contributed by atoms with Crippen molar-refractivity contribution in [1.82, 2.24) is 20.1 Å². The molecule has 0 bridgehead atoms. The molecule has 2 amide bonds. The van der Waals surface area contributed by atoms with Crippen molar-refractivity contribution in [2.24, 2.45) is 5.92 Å². The van der Waals surface area contributed by atoms with Gasteiger partial charge in [0, 0.05) is 37.8 Å². The predicted molar refractivity (Wildman–Crippen MR) is 156 cm³/mol. The number of hydrogen-bond donors (Lipinski definition) is 1. The van der Waals surface area contributed by atoms with E-state index in [0.717, 1.165) is 62.5 Å². The highest BCUT2D eigenvalue weighted by molar-refractivity contribution is 6.01.